The van der Waals surface area contributed by atoms with Crippen LogP contribution in [0.25, 0.3) is 0 Å². The van der Waals surface area contributed by atoms with Crippen LogP contribution in [0.2, 0.25) is 0 Å². The Morgan fingerprint density at radius 1 is 1.44 bits per heavy atom. The summed E-state index contributed by atoms with van der Waals surface area (Å²) in [6.45, 7) is 4.39. The summed E-state index contributed by atoms with van der Waals surface area (Å²) >= 11 is 0. The number of carbonyl (C=O) groups is 1. The highest BCUT2D eigenvalue weighted by Crippen LogP contribution is 2.28. The molecule has 0 radical (unpaired) electrons. The number of rotatable bonds is 1. The zero-order valence-electron chi connectivity index (χ0n) is 9.43. The van der Waals surface area contributed by atoms with Gasteiger partial charge in [-0.2, -0.15) is 0 Å². The Morgan fingerprint density at radius 2 is 2.19 bits per heavy atom. The van der Waals surface area contributed by atoms with E-state index in [-0.39, 0.29) is 11.8 Å². The Labute approximate surface area is 94.4 Å². The summed E-state index contributed by atoms with van der Waals surface area (Å²) in [5.41, 5.74) is 0.269. The van der Waals surface area contributed by atoms with Crippen molar-refractivity contribution >= 4 is 11.8 Å². The third-order valence-corrected chi connectivity index (χ3v) is 2.66. The van der Waals surface area contributed by atoms with Gasteiger partial charge in [0.25, 0.3) is 0 Å². The molecule has 16 heavy (non-hydrogen) atoms. The molecule has 1 heterocycles. The molecule has 0 aliphatic carbocycles. The molecular formula is C12H15NO3. The first kappa shape index (κ1) is 10.8. The first-order valence-electron chi connectivity index (χ1n) is 5.27. The Balaban J connectivity index is 2.21. The van der Waals surface area contributed by atoms with Gasteiger partial charge in [0.05, 0.1) is 5.69 Å². The van der Waals surface area contributed by atoms with Gasteiger partial charge in [-0.1, -0.05) is 6.07 Å². The maximum Gasteiger partial charge on any atom is 0.414 e. The van der Waals surface area contributed by atoms with Crippen molar-refractivity contribution in [2.75, 3.05) is 11.4 Å². The van der Waals surface area contributed by atoms with Crippen LogP contribution in [-0.4, -0.2) is 23.3 Å². The predicted octanol–water partition coefficient (Wildman–Crippen LogP) is 2.52. The highest BCUT2D eigenvalue weighted by molar-refractivity contribution is 5.88. The van der Waals surface area contributed by atoms with Crippen molar-refractivity contribution in [3.05, 3.63) is 24.3 Å². The van der Waals surface area contributed by atoms with Crippen LogP contribution in [0.1, 0.15) is 20.3 Å². The molecule has 4 nitrogen and oxygen atoms in total. The number of amides is 1. The predicted molar refractivity (Wildman–Crippen MR) is 60.6 cm³/mol. The van der Waals surface area contributed by atoms with Gasteiger partial charge in [-0.25, -0.2) is 4.79 Å². The van der Waals surface area contributed by atoms with E-state index < -0.39 is 5.60 Å². The lowest BCUT2D eigenvalue weighted by Crippen LogP contribution is -2.46. The van der Waals surface area contributed by atoms with Crippen LogP contribution in [0.5, 0.6) is 5.75 Å². The fraction of sp³-hybridized carbons (Fsp3) is 0.417. The molecule has 1 saturated heterocycles. The van der Waals surface area contributed by atoms with E-state index in [4.69, 9.17) is 4.74 Å². The molecule has 1 aromatic rings. The maximum absolute atomic E-state index is 11.7. The first-order valence-corrected chi connectivity index (χ1v) is 5.27. The summed E-state index contributed by atoms with van der Waals surface area (Å²) in [7, 11) is 0. The van der Waals surface area contributed by atoms with Gasteiger partial charge in [0.1, 0.15) is 11.4 Å². The number of nitrogens with zero attached hydrogens (tertiary/aromatic N) is 1. The quantitative estimate of drug-likeness (QED) is 0.792. The van der Waals surface area contributed by atoms with Gasteiger partial charge in [-0.15, -0.1) is 0 Å². The number of anilines is 1. The highest BCUT2D eigenvalue weighted by atomic mass is 16.6. The van der Waals surface area contributed by atoms with Gasteiger partial charge in [-0.3, -0.25) is 4.90 Å². The molecule has 0 spiro atoms. The van der Waals surface area contributed by atoms with Gasteiger partial charge in [0.15, 0.2) is 0 Å². The van der Waals surface area contributed by atoms with Gasteiger partial charge in [-0.05, 0) is 26.0 Å². The molecule has 0 bridgehead atoms. The van der Waals surface area contributed by atoms with Crippen LogP contribution >= 0.6 is 0 Å². The Morgan fingerprint density at radius 3 is 2.81 bits per heavy atom. The minimum absolute atomic E-state index is 0.148. The van der Waals surface area contributed by atoms with Crippen molar-refractivity contribution in [1.82, 2.24) is 0 Å². The van der Waals surface area contributed by atoms with Crippen molar-refractivity contribution in [3.8, 4) is 5.75 Å². The molecule has 0 unspecified atom stereocenters. The van der Waals surface area contributed by atoms with Gasteiger partial charge < -0.3 is 9.84 Å². The van der Waals surface area contributed by atoms with Gasteiger partial charge in [0, 0.05) is 19.0 Å². The van der Waals surface area contributed by atoms with Crippen LogP contribution in [0.3, 0.4) is 0 Å². The normalized spacial score (nSPS) is 19.4. The van der Waals surface area contributed by atoms with Gasteiger partial charge in [0.2, 0.25) is 0 Å². The van der Waals surface area contributed by atoms with Crippen molar-refractivity contribution in [2.45, 2.75) is 25.9 Å². The SMILES string of the molecule is CC1(C)CCN(c2cccc(O)c2)C(=O)O1. The van der Waals surface area contributed by atoms with E-state index in [1.807, 2.05) is 13.8 Å². The zero-order chi connectivity index (χ0) is 11.8. The topological polar surface area (TPSA) is 49.8 Å². The van der Waals surface area contributed by atoms with Crippen molar-refractivity contribution in [2.24, 2.45) is 0 Å². The largest absolute Gasteiger partial charge is 0.508 e. The van der Waals surface area contributed by atoms with E-state index in [0.717, 1.165) is 6.42 Å². The second-order valence-electron chi connectivity index (χ2n) is 4.55. The monoisotopic (exact) mass is 221 g/mol. The molecule has 1 amide bonds. The Kier molecular flexibility index (Phi) is 2.50. The fourth-order valence-electron chi connectivity index (χ4n) is 1.71. The standard InChI is InChI=1S/C12H15NO3/c1-12(2)6-7-13(11(15)16-12)9-4-3-5-10(14)8-9/h3-5,8,14H,6-7H2,1-2H3. The molecule has 1 aromatic carbocycles. The summed E-state index contributed by atoms with van der Waals surface area (Å²) in [5.74, 6) is 0.148. The number of hydrogen-bond acceptors (Lipinski definition) is 3. The minimum atomic E-state index is -0.398. The molecule has 1 aliphatic rings. The lowest BCUT2D eigenvalue weighted by Gasteiger charge is -2.36. The van der Waals surface area contributed by atoms with Crippen LogP contribution in [0, 0.1) is 0 Å². The van der Waals surface area contributed by atoms with E-state index >= 15 is 0 Å². The molecular weight excluding hydrogens is 206 g/mol. The number of phenolic OH excluding ortho intramolecular Hbond substituents is 1. The Bertz CT molecular complexity index is 414. The third kappa shape index (κ3) is 2.10. The summed E-state index contributed by atoms with van der Waals surface area (Å²) in [5, 5.41) is 9.35. The maximum atomic E-state index is 11.7. The molecule has 2 rings (SSSR count). The average molecular weight is 221 g/mol. The van der Waals surface area contributed by atoms with E-state index in [2.05, 4.69) is 0 Å². The highest BCUT2D eigenvalue weighted by Gasteiger charge is 2.33. The fourth-order valence-corrected chi connectivity index (χ4v) is 1.71. The first-order chi connectivity index (χ1) is 7.48. The number of aromatic hydroxyl groups is 1. The second kappa shape index (κ2) is 3.70. The lowest BCUT2D eigenvalue weighted by molar-refractivity contribution is 0.0236. The zero-order valence-corrected chi connectivity index (χ0v) is 9.43. The number of phenols is 1. The summed E-state index contributed by atoms with van der Waals surface area (Å²) < 4.78 is 5.29. The summed E-state index contributed by atoms with van der Waals surface area (Å²) in [6, 6.07) is 6.61. The van der Waals surface area contributed by atoms with Crippen molar-refractivity contribution in [3.63, 3.8) is 0 Å². The Hall–Kier alpha value is -1.71. The third-order valence-electron chi connectivity index (χ3n) is 2.66. The van der Waals surface area contributed by atoms with E-state index in [0.29, 0.717) is 12.2 Å². The number of carbonyl (C=O) groups excluding carboxylic acids is 1. The molecule has 1 aliphatic heterocycles. The molecule has 0 aromatic heterocycles. The molecule has 0 atom stereocenters. The number of cyclic esters (lactones) is 1. The van der Waals surface area contributed by atoms with Crippen LogP contribution < -0.4 is 4.90 Å². The molecule has 1 fully saturated rings. The van der Waals surface area contributed by atoms with Crippen molar-refractivity contribution in [1.29, 1.82) is 0 Å². The summed E-state index contributed by atoms with van der Waals surface area (Å²) in [6.07, 6.45) is 0.413. The van der Waals surface area contributed by atoms with E-state index in [9.17, 15) is 9.90 Å². The summed E-state index contributed by atoms with van der Waals surface area (Å²) in [4.78, 5) is 13.3. The van der Waals surface area contributed by atoms with Crippen LogP contribution in [0.15, 0.2) is 24.3 Å². The average Bonchev–Trinajstić information content (AvgIpc) is 2.15. The molecule has 86 valence electrons. The van der Waals surface area contributed by atoms with Crippen LogP contribution in [0.4, 0.5) is 10.5 Å². The minimum Gasteiger partial charge on any atom is -0.508 e. The molecule has 4 heteroatoms. The van der Waals surface area contributed by atoms with E-state index in [1.165, 1.54) is 4.90 Å². The lowest BCUT2D eigenvalue weighted by atomic mass is 10.0. The number of benzene rings is 1. The van der Waals surface area contributed by atoms with Crippen molar-refractivity contribution < 1.29 is 14.6 Å². The number of ether oxygens (including phenoxy) is 1. The molecule has 1 N–H and O–H groups in total. The van der Waals surface area contributed by atoms with E-state index in [1.54, 1.807) is 24.3 Å². The smallest absolute Gasteiger partial charge is 0.414 e. The second-order valence-corrected chi connectivity index (χ2v) is 4.55. The number of hydrogen-bond donors (Lipinski definition) is 1. The van der Waals surface area contributed by atoms with Gasteiger partial charge >= 0.3 is 6.09 Å². The molecule has 0 saturated carbocycles. The van der Waals surface area contributed by atoms with Crippen LogP contribution in [-0.2, 0) is 4.74 Å².